The van der Waals surface area contributed by atoms with Gasteiger partial charge in [0, 0.05) is 23.7 Å². The third-order valence-corrected chi connectivity index (χ3v) is 5.60. The summed E-state index contributed by atoms with van der Waals surface area (Å²) in [5.41, 5.74) is 4.37. The monoisotopic (exact) mass is 474 g/mol. The summed E-state index contributed by atoms with van der Waals surface area (Å²) in [5.74, 6) is 0.0118. The van der Waals surface area contributed by atoms with E-state index >= 15 is 0 Å². The molecule has 1 aromatic heterocycles. The smallest absolute Gasteiger partial charge is 0.410 e. The topological polar surface area (TPSA) is 92.8 Å². The highest BCUT2D eigenvalue weighted by Crippen LogP contribution is 2.24. The number of nitrogens with one attached hydrogen (secondary N) is 2. The van der Waals surface area contributed by atoms with Crippen molar-refractivity contribution in [2.45, 2.75) is 32.1 Å². The van der Waals surface area contributed by atoms with E-state index in [0.29, 0.717) is 19.5 Å². The Bertz CT molecular complexity index is 982. The maximum Gasteiger partial charge on any atom is 0.410 e. The Labute approximate surface area is 182 Å². The quantitative estimate of drug-likeness (QED) is 0.647. The molecular weight excluding hydrogens is 452 g/mol. The van der Waals surface area contributed by atoms with Crippen LogP contribution in [0.5, 0.6) is 0 Å². The number of halogens is 1. The molecule has 4 rings (SSSR count). The number of pyridine rings is 1. The van der Waals surface area contributed by atoms with Gasteiger partial charge in [-0.2, -0.15) is 0 Å². The van der Waals surface area contributed by atoms with Crippen molar-refractivity contribution in [1.29, 1.82) is 0 Å². The van der Waals surface area contributed by atoms with Gasteiger partial charge >= 0.3 is 6.09 Å². The van der Waals surface area contributed by atoms with E-state index in [4.69, 9.17) is 9.57 Å². The van der Waals surface area contributed by atoms with Crippen LogP contribution in [0.25, 0.3) is 10.9 Å². The Kier molecular flexibility index (Phi) is 6.19. The zero-order chi connectivity index (χ0) is 21.1. The molecule has 1 saturated heterocycles. The van der Waals surface area contributed by atoms with E-state index < -0.39 is 12.1 Å². The molecule has 0 aliphatic carbocycles. The summed E-state index contributed by atoms with van der Waals surface area (Å²) in [7, 11) is 0. The molecule has 2 amide bonds. The highest BCUT2D eigenvalue weighted by Gasteiger charge is 2.39. The van der Waals surface area contributed by atoms with Crippen LogP contribution >= 0.6 is 15.9 Å². The fraction of sp³-hybridized carbons (Fsp3) is 0.381. The van der Waals surface area contributed by atoms with E-state index in [2.05, 4.69) is 31.7 Å². The van der Waals surface area contributed by atoms with Gasteiger partial charge in [-0.15, -0.1) is 0 Å². The number of ether oxygens (including phenoxy) is 1. The number of para-hydroxylation sites is 1. The fourth-order valence-corrected chi connectivity index (χ4v) is 4.09. The second kappa shape index (κ2) is 9.01. The van der Waals surface area contributed by atoms with E-state index in [1.807, 2.05) is 43.3 Å². The lowest BCUT2D eigenvalue weighted by Crippen LogP contribution is -2.47. The molecule has 0 bridgehead atoms. The molecule has 9 heteroatoms. The van der Waals surface area contributed by atoms with Crippen LogP contribution in [-0.4, -0.2) is 47.1 Å². The summed E-state index contributed by atoms with van der Waals surface area (Å²) in [4.78, 5) is 36.6. The first-order chi connectivity index (χ1) is 14.5. The van der Waals surface area contributed by atoms with Gasteiger partial charge in [0.15, 0.2) is 0 Å². The van der Waals surface area contributed by atoms with Gasteiger partial charge in [-0.1, -0.05) is 25.1 Å². The number of fused-ring (bicyclic) bond motifs is 1. The summed E-state index contributed by atoms with van der Waals surface area (Å²) in [5, 5.41) is 3.85. The van der Waals surface area contributed by atoms with Crippen molar-refractivity contribution in [3.8, 4) is 0 Å². The predicted octanol–water partition coefficient (Wildman–Crippen LogP) is 2.84. The summed E-state index contributed by atoms with van der Waals surface area (Å²) < 4.78 is 6.22. The van der Waals surface area contributed by atoms with Crippen LogP contribution in [0.2, 0.25) is 0 Å². The van der Waals surface area contributed by atoms with Crippen molar-refractivity contribution in [3.63, 3.8) is 0 Å². The number of benzene rings is 1. The molecule has 158 valence electrons. The standard InChI is InChI=1S/C21H23BrN4O4/c1-13-6-18(20(27)24-10-16-8-19(22)25-30-16)26(11-13)21(28)29-12-14-7-15-4-2-3-5-17(15)23-9-14/h2-5,7-9,13,16,18,25H,6,10-12H2,1H3,(H,24,27). The predicted molar refractivity (Wildman–Crippen MR) is 114 cm³/mol. The van der Waals surface area contributed by atoms with Crippen molar-refractivity contribution >= 4 is 38.8 Å². The van der Waals surface area contributed by atoms with Gasteiger partial charge in [-0.05, 0) is 46.5 Å². The number of aromatic nitrogens is 1. The molecule has 2 aliphatic heterocycles. The van der Waals surface area contributed by atoms with Crippen LogP contribution in [0.4, 0.5) is 4.79 Å². The number of hydrogen-bond acceptors (Lipinski definition) is 6. The van der Waals surface area contributed by atoms with Crippen molar-refractivity contribution in [1.82, 2.24) is 20.7 Å². The third kappa shape index (κ3) is 4.73. The molecule has 3 atom stereocenters. The van der Waals surface area contributed by atoms with Gasteiger partial charge in [0.1, 0.15) is 23.4 Å². The zero-order valence-electron chi connectivity index (χ0n) is 16.5. The van der Waals surface area contributed by atoms with Crippen LogP contribution in [0.15, 0.2) is 47.2 Å². The summed E-state index contributed by atoms with van der Waals surface area (Å²) >= 11 is 3.28. The first-order valence-electron chi connectivity index (χ1n) is 9.83. The third-order valence-electron chi connectivity index (χ3n) is 5.17. The number of rotatable bonds is 5. The van der Waals surface area contributed by atoms with E-state index in [1.165, 1.54) is 4.90 Å². The van der Waals surface area contributed by atoms with Crippen LogP contribution < -0.4 is 10.8 Å². The second-order valence-electron chi connectivity index (χ2n) is 7.62. The lowest BCUT2D eigenvalue weighted by atomic mass is 10.1. The largest absolute Gasteiger partial charge is 0.444 e. The summed E-state index contributed by atoms with van der Waals surface area (Å²) in [6, 6.07) is 9.17. The number of hydroxylamine groups is 1. The van der Waals surface area contributed by atoms with Crippen LogP contribution in [0.3, 0.4) is 0 Å². The van der Waals surface area contributed by atoms with E-state index in [9.17, 15) is 9.59 Å². The number of hydrogen-bond donors (Lipinski definition) is 2. The van der Waals surface area contributed by atoms with Crippen molar-refractivity contribution in [3.05, 3.63) is 52.8 Å². The van der Waals surface area contributed by atoms with Crippen LogP contribution in [0.1, 0.15) is 18.9 Å². The van der Waals surface area contributed by atoms with Gasteiger partial charge in [0.05, 0.1) is 12.1 Å². The van der Waals surface area contributed by atoms with E-state index in [0.717, 1.165) is 21.1 Å². The highest BCUT2D eigenvalue weighted by molar-refractivity contribution is 9.11. The van der Waals surface area contributed by atoms with Crippen molar-refractivity contribution in [2.24, 2.45) is 5.92 Å². The van der Waals surface area contributed by atoms with Crippen molar-refractivity contribution < 1.29 is 19.2 Å². The first-order valence-corrected chi connectivity index (χ1v) is 10.6. The molecule has 30 heavy (non-hydrogen) atoms. The van der Waals surface area contributed by atoms with E-state index in [1.54, 1.807) is 6.20 Å². The molecule has 0 radical (unpaired) electrons. The Morgan fingerprint density at radius 1 is 1.40 bits per heavy atom. The Morgan fingerprint density at radius 2 is 2.23 bits per heavy atom. The number of carbonyl (C=O) groups excluding carboxylic acids is 2. The molecule has 0 spiro atoms. The maximum absolute atomic E-state index is 12.7. The molecule has 2 aliphatic rings. The molecule has 2 aromatic rings. The van der Waals surface area contributed by atoms with Crippen LogP contribution in [0, 0.1) is 5.92 Å². The van der Waals surface area contributed by atoms with Gasteiger partial charge in [0.2, 0.25) is 5.91 Å². The SMILES string of the molecule is CC1CC(C(=O)NCC2C=C(Br)NO2)N(C(=O)OCc2cnc3ccccc3c2)C1. The Morgan fingerprint density at radius 3 is 3.03 bits per heavy atom. The van der Waals surface area contributed by atoms with E-state index in [-0.39, 0.29) is 24.5 Å². The van der Waals surface area contributed by atoms with Gasteiger partial charge < -0.3 is 10.1 Å². The summed E-state index contributed by atoms with van der Waals surface area (Å²) in [6.07, 6.45) is 3.37. The average molecular weight is 475 g/mol. The molecule has 3 unspecified atom stereocenters. The number of amides is 2. The van der Waals surface area contributed by atoms with Gasteiger partial charge in [0.25, 0.3) is 0 Å². The molecule has 1 fully saturated rings. The average Bonchev–Trinajstić information content (AvgIpc) is 3.35. The highest BCUT2D eigenvalue weighted by atomic mass is 79.9. The Balaban J connectivity index is 1.34. The first kappa shape index (κ1) is 20.6. The lowest BCUT2D eigenvalue weighted by Gasteiger charge is -2.23. The number of carbonyl (C=O) groups is 2. The zero-order valence-corrected chi connectivity index (χ0v) is 18.1. The number of likely N-dealkylation sites (tertiary alicyclic amines) is 1. The minimum absolute atomic E-state index is 0.107. The molecular formula is C21H23BrN4O4. The minimum Gasteiger partial charge on any atom is -0.444 e. The molecule has 8 nitrogen and oxygen atoms in total. The molecule has 1 aromatic carbocycles. The van der Waals surface area contributed by atoms with Crippen molar-refractivity contribution in [2.75, 3.05) is 13.1 Å². The van der Waals surface area contributed by atoms with Gasteiger partial charge in [-0.25, -0.2) is 4.79 Å². The second-order valence-corrected chi connectivity index (χ2v) is 8.47. The maximum atomic E-state index is 12.7. The van der Waals surface area contributed by atoms with Crippen LogP contribution in [-0.2, 0) is 21.0 Å². The molecule has 3 heterocycles. The normalized spacial score (nSPS) is 23.2. The molecule has 2 N–H and O–H groups in total. The Hall–Kier alpha value is -2.65. The fourth-order valence-electron chi connectivity index (χ4n) is 3.70. The number of nitrogens with zero attached hydrogens (tertiary/aromatic N) is 2. The van der Waals surface area contributed by atoms with Gasteiger partial charge in [-0.3, -0.25) is 25.0 Å². The lowest BCUT2D eigenvalue weighted by molar-refractivity contribution is -0.125. The molecule has 0 saturated carbocycles. The summed E-state index contributed by atoms with van der Waals surface area (Å²) in [6.45, 7) is 2.93. The minimum atomic E-state index is -0.552.